The lowest BCUT2D eigenvalue weighted by molar-refractivity contribution is 0.445. The molecule has 2 aromatic rings. The third kappa shape index (κ3) is 3.20. The highest BCUT2D eigenvalue weighted by atomic mass is 79.9. The van der Waals surface area contributed by atoms with E-state index in [-0.39, 0.29) is 23.2 Å². The fourth-order valence-corrected chi connectivity index (χ4v) is 2.11. The van der Waals surface area contributed by atoms with Gasteiger partial charge in [-0.15, -0.1) is 0 Å². The smallest absolute Gasteiger partial charge is 0.223 e. The van der Waals surface area contributed by atoms with Crippen LogP contribution in [0.2, 0.25) is 5.02 Å². The first-order valence-corrected chi connectivity index (χ1v) is 6.35. The van der Waals surface area contributed by atoms with Gasteiger partial charge in [0.15, 0.2) is 0 Å². The maximum atomic E-state index is 13.4. The summed E-state index contributed by atoms with van der Waals surface area (Å²) in [5.41, 5.74) is 5.85. The van der Waals surface area contributed by atoms with Gasteiger partial charge in [0.2, 0.25) is 5.88 Å². The van der Waals surface area contributed by atoms with E-state index in [0.717, 1.165) is 12.3 Å². The molecule has 0 fully saturated rings. The molecule has 0 bridgehead atoms. The van der Waals surface area contributed by atoms with Gasteiger partial charge < -0.3 is 10.5 Å². The molecule has 2 rings (SSSR count). The molecule has 2 N–H and O–H groups in total. The molecule has 1 heterocycles. The third-order valence-corrected chi connectivity index (χ3v) is 3.20. The zero-order chi connectivity index (χ0) is 14.0. The second-order valence-corrected chi connectivity index (χ2v) is 4.88. The molecule has 3 nitrogen and oxygen atoms in total. The molecule has 0 aliphatic rings. The maximum Gasteiger partial charge on any atom is 0.223 e. The van der Waals surface area contributed by atoms with Gasteiger partial charge in [0.05, 0.1) is 15.7 Å². The molecule has 7 heteroatoms. The molecule has 0 aliphatic heterocycles. The van der Waals surface area contributed by atoms with Crippen molar-refractivity contribution in [3.05, 3.63) is 51.1 Å². The minimum Gasteiger partial charge on any atom is -0.437 e. The zero-order valence-corrected chi connectivity index (χ0v) is 11.8. The van der Waals surface area contributed by atoms with Gasteiger partial charge in [-0.2, -0.15) is 0 Å². The van der Waals surface area contributed by atoms with Crippen LogP contribution in [-0.4, -0.2) is 4.98 Å². The molecule has 1 aromatic heterocycles. The summed E-state index contributed by atoms with van der Waals surface area (Å²) in [7, 11) is 0. The van der Waals surface area contributed by atoms with Crippen LogP contribution in [0.1, 0.15) is 5.56 Å². The lowest BCUT2D eigenvalue weighted by Gasteiger charge is -2.10. The van der Waals surface area contributed by atoms with Crippen LogP contribution in [-0.2, 0) is 6.54 Å². The van der Waals surface area contributed by atoms with Gasteiger partial charge in [-0.05, 0) is 28.1 Å². The topological polar surface area (TPSA) is 48.1 Å². The van der Waals surface area contributed by atoms with E-state index >= 15 is 0 Å². The third-order valence-electron chi connectivity index (χ3n) is 2.29. The van der Waals surface area contributed by atoms with Crippen LogP contribution >= 0.6 is 27.5 Å². The highest BCUT2D eigenvalue weighted by Crippen LogP contribution is 2.34. The van der Waals surface area contributed by atoms with Crippen molar-refractivity contribution in [3.8, 4) is 11.6 Å². The van der Waals surface area contributed by atoms with Crippen molar-refractivity contribution in [1.82, 2.24) is 4.98 Å². The number of nitrogens with zero attached hydrogens (tertiary/aromatic N) is 1. The van der Waals surface area contributed by atoms with Crippen molar-refractivity contribution in [2.24, 2.45) is 5.73 Å². The number of hydrogen-bond acceptors (Lipinski definition) is 3. The van der Waals surface area contributed by atoms with Gasteiger partial charge in [-0.1, -0.05) is 11.6 Å². The highest BCUT2D eigenvalue weighted by molar-refractivity contribution is 9.10. The lowest BCUT2D eigenvalue weighted by Crippen LogP contribution is -2.02. The minimum atomic E-state index is -0.628. The quantitative estimate of drug-likeness (QED) is 0.851. The number of hydrogen-bond donors (Lipinski definition) is 1. The van der Waals surface area contributed by atoms with Crippen LogP contribution in [0.3, 0.4) is 0 Å². The number of benzene rings is 1. The summed E-state index contributed by atoms with van der Waals surface area (Å²) in [6.45, 7) is 0.0494. The molecular weight excluding hydrogens is 341 g/mol. The Morgan fingerprint density at radius 3 is 2.74 bits per heavy atom. The molecule has 0 radical (unpaired) electrons. The first-order valence-electron chi connectivity index (χ1n) is 5.18. The average molecular weight is 350 g/mol. The Bertz CT molecular complexity index is 625. The number of ether oxygens (including phenoxy) is 1. The average Bonchev–Trinajstić information content (AvgIpc) is 2.37. The van der Waals surface area contributed by atoms with E-state index in [4.69, 9.17) is 22.1 Å². The molecule has 100 valence electrons. The summed E-state index contributed by atoms with van der Waals surface area (Å²) >= 11 is 8.81. The van der Waals surface area contributed by atoms with Gasteiger partial charge in [0, 0.05) is 18.2 Å². The van der Waals surface area contributed by atoms with E-state index in [1.807, 2.05) is 0 Å². The number of rotatable bonds is 3. The molecular formula is C12H8BrClF2N2O. The van der Waals surface area contributed by atoms with Crippen molar-refractivity contribution < 1.29 is 13.5 Å². The molecule has 0 saturated heterocycles. The molecule has 0 unspecified atom stereocenters. The van der Waals surface area contributed by atoms with Crippen molar-refractivity contribution in [2.75, 3.05) is 0 Å². The predicted octanol–water partition coefficient (Wildman–Crippen LogP) is 4.03. The molecule has 0 amide bonds. The van der Waals surface area contributed by atoms with Crippen molar-refractivity contribution >= 4 is 27.5 Å². The normalized spacial score (nSPS) is 10.6. The summed E-state index contributed by atoms with van der Waals surface area (Å²) in [4.78, 5) is 3.78. The van der Waals surface area contributed by atoms with Crippen molar-refractivity contribution in [1.29, 1.82) is 0 Å². The number of nitrogens with two attached hydrogens (primary N) is 1. The predicted molar refractivity (Wildman–Crippen MR) is 71.3 cm³/mol. The van der Waals surface area contributed by atoms with E-state index in [1.165, 1.54) is 12.1 Å². The van der Waals surface area contributed by atoms with Crippen LogP contribution < -0.4 is 10.5 Å². The molecule has 0 spiro atoms. The van der Waals surface area contributed by atoms with Gasteiger partial charge in [-0.3, -0.25) is 0 Å². The van der Waals surface area contributed by atoms with Gasteiger partial charge in [0.1, 0.15) is 17.4 Å². The highest BCUT2D eigenvalue weighted by Gasteiger charge is 2.12. The second-order valence-electron chi connectivity index (χ2n) is 3.62. The van der Waals surface area contributed by atoms with Crippen LogP contribution in [0, 0.1) is 11.6 Å². The minimum absolute atomic E-state index is 0.0367. The zero-order valence-electron chi connectivity index (χ0n) is 9.46. The molecule has 1 aromatic carbocycles. The first kappa shape index (κ1) is 14.2. The summed E-state index contributed by atoms with van der Waals surface area (Å²) in [5.74, 6) is -0.854. The van der Waals surface area contributed by atoms with Crippen molar-refractivity contribution in [2.45, 2.75) is 6.54 Å². The Morgan fingerprint density at radius 1 is 1.32 bits per heavy atom. The van der Waals surface area contributed by atoms with E-state index in [0.29, 0.717) is 10.0 Å². The van der Waals surface area contributed by atoms with Crippen LogP contribution in [0.15, 0.2) is 28.9 Å². The van der Waals surface area contributed by atoms with E-state index < -0.39 is 11.6 Å². The summed E-state index contributed by atoms with van der Waals surface area (Å²) in [6.07, 6.45) is 0.995. The maximum absolute atomic E-state index is 13.4. The van der Waals surface area contributed by atoms with E-state index in [1.54, 1.807) is 0 Å². The first-order chi connectivity index (χ1) is 9.01. The molecule has 0 aliphatic carbocycles. The molecule has 0 saturated carbocycles. The standard InChI is InChI=1S/C12H8BrClF2N2O/c13-8-2-9(14)10(16)3-11(8)19-12-6(4-17)1-7(15)5-18-12/h1-3,5H,4,17H2. The van der Waals surface area contributed by atoms with Crippen LogP contribution in [0.4, 0.5) is 8.78 Å². The largest absolute Gasteiger partial charge is 0.437 e. The molecule has 19 heavy (non-hydrogen) atoms. The summed E-state index contributed by atoms with van der Waals surface area (Å²) in [6, 6.07) is 3.68. The monoisotopic (exact) mass is 348 g/mol. The van der Waals surface area contributed by atoms with Gasteiger partial charge in [-0.25, -0.2) is 13.8 Å². The summed E-state index contributed by atoms with van der Waals surface area (Å²) < 4.78 is 32.3. The van der Waals surface area contributed by atoms with Gasteiger partial charge in [0.25, 0.3) is 0 Å². The van der Waals surface area contributed by atoms with Crippen molar-refractivity contribution in [3.63, 3.8) is 0 Å². The van der Waals surface area contributed by atoms with Gasteiger partial charge >= 0.3 is 0 Å². The fraction of sp³-hybridized carbons (Fsp3) is 0.0833. The lowest BCUT2D eigenvalue weighted by atomic mass is 10.2. The number of aromatic nitrogens is 1. The second kappa shape index (κ2) is 5.81. The Kier molecular flexibility index (Phi) is 4.34. The summed E-state index contributed by atoms with van der Waals surface area (Å²) in [5, 5.41) is -0.0367. The SMILES string of the molecule is NCc1cc(F)cnc1Oc1cc(F)c(Cl)cc1Br. The Hall–Kier alpha value is -1.24. The Morgan fingerprint density at radius 2 is 2.05 bits per heavy atom. The Labute approximate surface area is 121 Å². The number of pyridine rings is 1. The van der Waals surface area contributed by atoms with E-state index in [2.05, 4.69) is 20.9 Å². The van der Waals surface area contributed by atoms with Crippen LogP contribution in [0.5, 0.6) is 11.6 Å². The van der Waals surface area contributed by atoms with Crippen LogP contribution in [0.25, 0.3) is 0 Å². The fourth-order valence-electron chi connectivity index (χ4n) is 1.39. The Balaban J connectivity index is 2.39. The molecule has 0 atom stereocenters. The number of halogens is 4. The van der Waals surface area contributed by atoms with E-state index in [9.17, 15) is 8.78 Å².